The predicted octanol–water partition coefficient (Wildman–Crippen LogP) is 3.91. The third-order valence-corrected chi connectivity index (χ3v) is 5.03. The summed E-state index contributed by atoms with van der Waals surface area (Å²) in [5.74, 6) is -0.388. The van der Waals surface area contributed by atoms with Crippen LogP contribution in [0.1, 0.15) is 28.7 Å². The van der Waals surface area contributed by atoms with E-state index in [2.05, 4.69) is 27.5 Å². The van der Waals surface area contributed by atoms with Crippen LogP contribution in [0.3, 0.4) is 0 Å². The summed E-state index contributed by atoms with van der Waals surface area (Å²) in [6, 6.07) is 9.57. The quantitative estimate of drug-likeness (QED) is 0.524. The van der Waals surface area contributed by atoms with Gasteiger partial charge < -0.3 is 9.84 Å². The van der Waals surface area contributed by atoms with Gasteiger partial charge in [-0.1, -0.05) is 12.1 Å². The Hall–Kier alpha value is -3.55. The van der Waals surface area contributed by atoms with Crippen LogP contribution in [0.4, 0.5) is 4.39 Å². The smallest absolute Gasteiger partial charge is 0.259 e. The fourth-order valence-electron chi connectivity index (χ4n) is 3.35. The summed E-state index contributed by atoms with van der Waals surface area (Å²) in [6.07, 6.45) is 1.76. The van der Waals surface area contributed by atoms with Crippen molar-refractivity contribution in [3.63, 3.8) is 0 Å². The Balaban J connectivity index is 1.58. The van der Waals surface area contributed by atoms with Crippen molar-refractivity contribution >= 4 is 17.0 Å². The third kappa shape index (κ3) is 3.94. The number of hydrogen-bond acceptors (Lipinski definition) is 5. The molecule has 0 unspecified atom stereocenters. The van der Waals surface area contributed by atoms with E-state index in [1.165, 1.54) is 12.1 Å². The van der Waals surface area contributed by atoms with Crippen LogP contribution >= 0.6 is 0 Å². The van der Waals surface area contributed by atoms with Gasteiger partial charge in [0.05, 0.1) is 22.3 Å². The fraction of sp³-hybridized carbons (Fsp3) is 0.273. The van der Waals surface area contributed by atoms with Crippen molar-refractivity contribution in [3.05, 3.63) is 65.4 Å². The SMILES string of the molecule is Cc1noc2nc(-c3ccc(F)cc3)cc(C(=O)NC[C@H](C)Cn3nccc3C)c12. The number of nitrogens with zero attached hydrogens (tertiary/aromatic N) is 4. The van der Waals surface area contributed by atoms with Gasteiger partial charge in [-0.2, -0.15) is 5.10 Å². The lowest BCUT2D eigenvalue weighted by Gasteiger charge is -2.14. The van der Waals surface area contributed by atoms with E-state index < -0.39 is 0 Å². The first-order valence-corrected chi connectivity index (χ1v) is 9.72. The van der Waals surface area contributed by atoms with Gasteiger partial charge >= 0.3 is 0 Å². The summed E-state index contributed by atoms with van der Waals surface area (Å²) >= 11 is 0. The van der Waals surface area contributed by atoms with Crippen molar-refractivity contribution in [3.8, 4) is 11.3 Å². The lowest BCUT2D eigenvalue weighted by molar-refractivity contribution is 0.0948. The highest BCUT2D eigenvalue weighted by atomic mass is 19.1. The van der Waals surface area contributed by atoms with Crippen LogP contribution < -0.4 is 5.32 Å². The molecular formula is C22H22FN5O2. The van der Waals surface area contributed by atoms with Gasteiger partial charge in [-0.15, -0.1) is 0 Å². The summed E-state index contributed by atoms with van der Waals surface area (Å²) in [4.78, 5) is 17.5. The number of halogens is 1. The highest BCUT2D eigenvalue weighted by molar-refractivity contribution is 6.07. The standard InChI is InChI=1S/C22H22FN5O2/c1-13(12-28-14(2)8-9-25-28)11-24-21(29)18-10-19(16-4-6-17(23)7-5-16)26-22-20(18)15(3)27-30-22/h4-10,13H,11-12H2,1-3H3,(H,24,29)/t13-/m0/s1. The molecule has 0 aliphatic heterocycles. The van der Waals surface area contributed by atoms with E-state index in [0.717, 1.165) is 5.69 Å². The van der Waals surface area contributed by atoms with Gasteiger partial charge in [-0.05, 0) is 56.2 Å². The number of carbonyl (C=O) groups is 1. The summed E-state index contributed by atoms with van der Waals surface area (Å²) in [5.41, 5.74) is 3.58. The molecule has 0 aliphatic rings. The average molecular weight is 407 g/mol. The highest BCUT2D eigenvalue weighted by Gasteiger charge is 2.20. The minimum atomic E-state index is -0.338. The fourth-order valence-corrected chi connectivity index (χ4v) is 3.35. The molecule has 0 spiro atoms. The van der Waals surface area contributed by atoms with Crippen LogP contribution in [-0.4, -0.2) is 32.4 Å². The van der Waals surface area contributed by atoms with Crippen molar-refractivity contribution < 1.29 is 13.7 Å². The van der Waals surface area contributed by atoms with Crippen molar-refractivity contribution in [1.82, 2.24) is 25.2 Å². The number of aromatic nitrogens is 4. The molecule has 1 N–H and O–H groups in total. The van der Waals surface area contributed by atoms with E-state index in [0.29, 0.717) is 41.0 Å². The van der Waals surface area contributed by atoms with Gasteiger partial charge in [-0.3, -0.25) is 9.48 Å². The van der Waals surface area contributed by atoms with Crippen LogP contribution in [0.25, 0.3) is 22.4 Å². The molecule has 1 aromatic carbocycles. The van der Waals surface area contributed by atoms with E-state index in [-0.39, 0.29) is 23.4 Å². The second-order valence-electron chi connectivity index (χ2n) is 7.48. The van der Waals surface area contributed by atoms with Crippen molar-refractivity contribution in [2.24, 2.45) is 5.92 Å². The van der Waals surface area contributed by atoms with Gasteiger partial charge in [-0.25, -0.2) is 9.37 Å². The Morgan fingerprint density at radius 3 is 2.70 bits per heavy atom. The minimum Gasteiger partial charge on any atom is -0.352 e. The molecule has 3 aromatic heterocycles. The van der Waals surface area contributed by atoms with Crippen LogP contribution in [0.2, 0.25) is 0 Å². The van der Waals surface area contributed by atoms with Crippen molar-refractivity contribution in [2.75, 3.05) is 6.54 Å². The van der Waals surface area contributed by atoms with Gasteiger partial charge in [0.15, 0.2) is 0 Å². The average Bonchev–Trinajstić information content (AvgIpc) is 3.31. The lowest BCUT2D eigenvalue weighted by atomic mass is 10.0. The molecule has 3 heterocycles. The molecule has 154 valence electrons. The maximum absolute atomic E-state index is 13.3. The summed E-state index contributed by atoms with van der Waals surface area (Å²) in [6.45, 7) is 7.01. The second kappa shape index (κ2) is 8.06. The summed E-state index contributed by atoms with van der Waals surface area (Å²) in [5, 5.41) is 11.8. The van der Waals surface area contributed by atoms with Gasteiger partial charge in [0.25, 0.3) is 11.6 Å². The van der Waals surface area contributed by atoms with Crippen LogP contribution in [-0.2, 0) is 6.54 Å². The number of hydrogen-bond donors (Lipinski definition) is 1. The van der Waals surface area contributed by atoms with Crippen LogP contribution in [0, 0.1) is 25.6 Å². The molecule has 0 radical (unpaired) electrons. The number of amides is 1. The lowest BCUT2D eigenvalue weighted by Crippen LogP contribution is -2.30. The monoisotopic (exact) mass is 407 g/mol. The molecular weight excluding hydrogens is 385 g/mol. The first kappa shape index (κ1) is 19.8. The molecule has 30 heavy (non-hydrogen) atoms. The zero-order valence-electron chi connectivity index (χ0n) is 17.0. The highest BCUT2D eigenvalue weighted by Crippen LogP contribution is 2.27. The summed E-state index contributed by atoms with van der Waals surface area (Å²) in [7, 11) is 0. The molecule has 0 fully saturated rings. The van der Waals surface area contributed by atoms with E-state index in [1.807, 2.05) is 17.7 Å². The molecule has 1 amide bonds. The van der Waals surface area contributed by atoms with E-state index >= 15 is 0 Å². The largest absolute Gasteiger partial charge is 0.352 e. The molecule has 0 saturated carbocycles. The first-order chi connectivity index (χ1) is 14.4. The predicted molar refractivity (Wildman–Crippen MR) is 110 cm³/mol. The van der Waals surface area contributed by atoms with E-state index in [9.17, 15) is 9.18 Å². The molecule has 1 atom stereocenters. The van der Waals surface area contributed by atoms with Crippen LogP contribution in [0.15, 0.2) is 47.1 Å². The number of nitrogens with one attached hydrogen (secondary N) is 1. The Morgan fingerprint density at radius 1 is 1.23 bits per heavy atom. The van der Waals surface area contributed by atoms with E-state index in [1.54, 1.807) is 31.3 Å². The molecule has 4 rings (SSSR count). The maximum atomic E-state index is 13.3. The molecule has 0 bridgehead atoms. The third-order valence-electron chi connectivity index (χ3n) is 5.03. The topological polar surface area (TPSA) is 85.8 Å². The molecule has 0 saturated heterocycles. The van der Waals surface area contributed by atoms with Crippen LogP contribution in [0.5, 0.6) is 0 Å². The number of pyridine rings is 1. The molecule has 7 nitrogen and oxygen atoms in total. The Bertz CT molecular complexity index is 1200. The maximum Gasteiger partial charge on any atom is 0.259 e. The molecule has 8 heteroatoms. The number of carbonyl (C=O) groups excluding carboxylic acids is 1. The zero-order valence-corrected chi connectivity index (χ0v) is 17.0. The van der Waals surface area contributed by atoms with E-state index in [4.69, 9.17) is 4.52 Å². The number of fused-ring (bicyclic) bond motifs is 1. The van der Waals surface area contributed by atoms with Crippen molar-refractivity contribution in [1.29, 1.82) is 0 Å². The first-order valence-electron chi connectivity index (χ1n) is 9.72. The Labute approximate surface area is 172 Å². The van der Waals surface area contributed by atoms with Gasteiger partial charge in [0.2, 0.25) is 0 Å². The van der Waals surface area contributed by atoms with Crippen molar-refractivity contribution in [2.45, 2.75) is 27.3 Å². The minimum absolute atomic E-state index is 0.185. The number of aryl methyl sites for hydroxylation is 2. The molecule has 0 aliphatic carbocycles. The van der Waals surface area contributed by atoms with Gasteiger partial charge in [0, 0.05) is 30.5 Å². The Kier molecular flexibility index (Phi) is 5.31. The summed E-state index contributed by atoms with van der Waals surface area (Å²) < 4.78 is 20.5. The second-order valence-corrected chi connectivity index (χ2v) is 7.48. The Morgan fingerprint density at radius 2 is 2.00 bits per heavy atom. The number of rotatable bonds is 6. The molecule has 4 aromatic rings. The normalized spacial score (nSPS) is 12.3. The zero-order chi connectivity index (χ0) is 21.3. The number of benzene rings is 1. The van der Waals surface area contributed by atoms with Gasteiger partial charge in [0.1, 0.15) is 5.82 Å².